The summed E-state index contributed by atoms with van der Waals surface area (Å²) in [7, 11) is 0. The predicted molar refractivity (Wildman–Crippen MR) is 69.9 cm³/mol. The van der Waals surface area contributed by atoms with Gasteiger partial charge in [-0.05, 0) is 19.4 Å². The summed E-state index contributed by atoms with van der Waals surface area (Å²) in [6.07, 6.45) is 6.00. The maximum absolute atomic E-state index is 5.86. The molecule has 3 rings (SSSR count). The van der Waals surface area contributed by atoms with E-state index in [0.717, 1.165) is 19.7 Å². The number of hydrogen-bond donors (Lipinski definition) is 1. The van der Waals surface area contributed by atoms with Crippen molar-refractivity contribution in [3.05, 3.63) is 17.5 Å². The highest BCUT2D eigenvalue weighted by molar-refractivity contribution is 6.29. The summed E-state index contributed by atoms with van der Waals surface area (Å²) in [5, 5.41) is 3.63. The van der Waals surface area contributed by atoms with Crippen molar-refractivity contribution >= 4 is 17.4 Å². The van der Waals surface area contributed by atoms with Gasteiger partial charge < -0.3 is 10.1 Å². The van der Waals surface area contributed by atoms with Crippen LogP contribution in [-0.4, -0.2) is 53.3 Å². The van der Waals surface area contributed by atoms with Crippen molar-refractivity contribution in [2.24, 2.45) is 0 Å². The van der Waals surface area contributed by atoms with Gasteiger partial charge in [0.15, 0.2) is 0 Å². The minimum atomic E-state index is 0.222. The molecule has 1 aromatic heterocycles. The lowest BCUT2D eigenvalue weighted by Crippen LogP contribution is -2.48. The molecule has 0 saturated carbocycles. The van der Waals surface area contributed by atoms with E-state index in [2.05, 4.69) is 20.2 Å². The third-order valence-corrected chi connectivity index (χ3v) is 3.76. The van der Waals surface area contributed by atoms with Crippen LogP contribution in [0.1, 0.15) is 12.8 Å². The van der Waals surface area contributed by atoms with E-state index in [1.807, 2.05) is 0 Å². The summed E-state index contributed by atoms with van der Waals surface area (Å²) in [5.41, 5.74) is 0. The molecule has 18 heavy (non-hydrogen) atoms. The van der Waals surface area contributed by atoms with Crippen molar-refractivity contribution < 1.29 is 4.74 Å². The number of anilines is 1. The van der Waals surface area contributed by atoms with Crippen LogP contribution in [0, 0.1) is 0 Å². The van der Waals surface area contributed by atoms with Crippen LogP contribution in [0.2, 0.25) is 5.15 Å². The van der Waals surface area contributed by atoms with E-state index >= 15 is 0 Å². The molecule has 1 N–H and O–H groups in total. The average Bonchev–Trinajstić information content (AvgIpc) is 2.84. The van der Waals surface area contributed by atoms with Gasteiger partial charge in [0, 0.05) is 19.1 Å². The van der Waals surface area contributed by atoms with Gasteiger partial charge in [-0.25, -0.2) is 4.98 Å². The number of aromatic nitrogens is 2. The quantitative estimate of drug-likeness (QED) is 0.898. The van der Waals surface area contributed by atoms with E-state index < -0.39 is 0 Å². The summed E-state index contributed by atoms with van der Waals surface area (Å²) >= 11 is 5.79. The third-order valence-electron chi connectivity index (χ3n) is 3.58. The highest BCUT2D eigenvalue weighted by Gasteiger charge is 2.31. The van der Waals surface area contributed by atoms with Gasteiger partial charge in [-0.15, -0.1) is 0 Å². The predicted octanol–water partition coefficient (Wildman–Crippen LogP) is 1.41. The molecule has 2 atom stereocenters. The van der Waals surface area contributed by atoms with Crippen LogP contribution >= 0.6 is 11.6 Å². The molecule has 0 spiro atoms. The summed E-state index contributed by atoms with van der Waals surface area (Å²) < 4.78 is 5.86. The average molecular weight is 269 g/mol. The van der Waals surface area contributed by atoms with Gasteiger partial charge in [-0.2, -0.15) is 0 Å². The van der Waals surface area contributed by atoms with Gasteiger partial charge in [-0.1, -0.05) is 11.6 Å². The summed E-state index contributed by atoms with van der Waals surface area (Å²) in [5.74, 6) is 0.703. The molecule has 1 aromatic rings. The summed E-state index contributed by atoms with van der Waals surface area (Å²) in [4.78, 5) is 10.7. The third kappa shape index (κ3) is 2.74. The fourth-order valence-electron chi connectivity index (χ4n) is 2.65. The number of nitrogens with zero attached hydrogens (tertiary/aromatic N) is 3. The van der Waals surface area contributed by atoms with E-state index in [0.29, 0.717) is 17.0 Å². The standard InChI is InChI=1S/C12H17ClN4O/c13-11-5-14-6-12(16-11)15-4-10-7-17-3-1-2-9(17)8-18-10/h5-6,9-10H,1-4,7-8H2,(H,15,16). The summed E-state index contributed by atoms with van der Waals surface area (Å²) in [6, 6.07) is 0.646. The minimum Gasteiger partial charge on any atom is -0.373 e. The van der Waals surface area contributed by atoms with Crippen LogP contribution in [0.25, 0.3) is 0 Å². The molecule has 0 aromatic carbocycles. The molecule has 2 aliphatic heterocycles. The molecule has 0 aliphatic carbocycles. The van der Waals surface area contributed by atoms with Gasteiger partial charge in [0.05, 0.1) is 25.1 Å². The first-order valence-electron chi connectivity index (χ1n) is 6.38. The lowest BCUT2D eigenvalue weighted by atomic mass is 10.2. The number of morpholine rings is 1. The van der Waals surface area contributed by atoms with E-state index in [4.69, 9.17) is 16.3 Å². The van der Waals surface area contributed by atoms with Gasteiger partial charge in [0.25, 0.3) is 0 Å². The van der Waals surface area contributed by atoms with Crippen LogP contribution in [0.4, 0.5) is 5.82 Å². The molecule has 2 fully saturated rings. The van der Waals surface area contributed by atoms with Crippen molar-refractivity contribution in [3.8, 4) is 0 Å². The Labute approximate surface area is 112 Å². The van der Waals surface area contributed by atoms with E-state index in [1.165, 1.54) is 25.6 Å². The number of rotatable bonds is 3. The highest BCUT2D eigenvalue weighted by Crippen LogP contribution is 2.22. The number of ether oxygens (including phenoxy) is 1. The Hall–Kier alpha value is -0.910. The Morgan fingerprint density at radius 2 is 2.44 bits per heavy atom. The second-order valence-corrected chi connectivity index (χ2v) is 5.24. The van der Waals surface area contributed by atoms with Gasteiger partial charge in [0.1, 0.15) is 11.0 Å². The first kappa shape index (κ1) is 12.1. The zero-order valence-electron chi connectivity index (χ0n) is 10.2. The van der Waals surface area contributed by atoms with Crippen molar-refractivity contribution in [2.75, 3.05) is 31.6 Å². The fraction of sp³-hybridized carbons (Fsp3) is 0.667. The first-order chi connectivity index (χ1) is 8.81. The second-order valence-electron chi connectivity index (χ2n) is 4.85. The monoisotopic (exact) mass is 268 g/mol. The minimum absolute atomic E-state index is 0.222. The molecule has 0 radical (unpaired) electrons. The maximum Gasteiger partial charge on any atom is 0.149 e. The largest absolute Gasteiger partial charge is 0.373 e. The van der Waals surface area contributed by atoms with Crippen LogP contribution < -0.4 is 5.32 Å². The van der Waals surface area contributed by atoms with Gasteiger partial charge in [0.2, 0.25) is 0 Å². The topological polar surface area (TPSA) is 50.3 Å². The lowest BCUT2D eigenvalue weighted by molar-refractivity contribution is -0.0416. The van der Waals surface area contributed by atoms with Crippen molar-refractivity contribution in [1.29, 1.82) is 0 Å². The van der Waals surface area contributed by atoms with Gasteiger partial charge in [-0.3, -0.25) is 9.88 Å². The summed E-state index contributed by atoms with van der Waals surface area (Å²) in [6.45, 7) is 3.82. The van der Waals surface area contributed by atoms with Crippen LogP contribution in [0.15, 0.2) is 12.4 Å². The second kappa shape index (κ2) is 5.38. The molecule has 0 bridgehead atoms. The van der Waals surface area contributed by atoms with Gasteiger partial charge >= 0.3 is 0 Å². The van der Waals surface area contributed by atoms with E-state index in [1.54, 1.807) is 6.20 Å². The van der Waals surface area contributed by atoms with E-state index in [9.17, 15) is 0 Å². The molecular weight excluding hydrogens is 252 g/mol. The normalized spacial score (nSPS) is 28.1. The van der Waals surface area contributed by atoms with Crippen LogP contribution in [0.5, 0.6) is 0 Å². The zero-order chi connectivity index (χ0) is 12.4. The fourth-order valence-corrected chi connectivity index (χ4v) is 2.80. The van der Waals surface area contributed by atoms with Crippen LogP contribution in [-0.2, 0) is 4.74 Å². The number of fused-ring (bicyclic) bond motifs is 1. The molecule has 2 saturated heterocycles. The highest BCUT2D eigenvalue weighted by atomic mass is 35.5. The zero-order valence-corrected chi connectivity index (χ0v) is 10.9. The number of halogens is 1. The Bertz CT molecular complexity index is 417. The molecule has 6 heteroatoms. The van der Waals surface area contributed by atoms with E-state index in [-0.39, 0.29) is 6.10 Å². The Morgan fingerprint density at radius 3 is 3.33 bits per heavy atom. The molecule has 2 unspecified atom stereocenters. The van der Waals surface area contributed by atoms with Crippen molar-refractivity contribution in [3.63, 3.8) is 0 Å². The smallest absolute Gasteiger partial charge is 0.149 e. The Balaban J connectivity index is 1.51. The first-order valence-corrected chi connectivity index (χ1v) is 6.76. The Kier molecular flexibility index (Phi) is 3.63. The molecule has 3 heterocycles. The molecule has 2 aliphatic rings. The maximum atomic E-state index is 5.86. The molecule has 5 nitrogen and oxygen atoms in total. The SMILES string of the molecule is Clc1cncc(NCC2CN3CCCC3CO2)n1. The molecular formula is C12H17ClN4O. The van der Waals surface area contributed by atoms with Crippen LogP contribution in [0.3, 0.4) is 0 Å². The Morgan fingerprint density at radius 1 is 1.50 bits per heavy atom. The molecule has 98 valence electrons. The number of nitrogens with one attached hydrogen (secondary N) is 1. The van der Waals surface area contributed by atoms with Crippen molar-refractivity contribution in [2.45, 2.75) is 25.0 Å². The van der Waals surface area contributed by atoms with Crippen molar-refractivity contribution in [1.82, 2.24) is 14.9 Å². The number of hydrogen-bond acceptors (Lipinski definition) is 5. The molecule has 0 amide bonds. The lowest BCUT2D eigenvalue weighted by Gasteiger charge is -2.35.